The molecule has 3 aromatic heterocycles. The Hall–Kier alpha value is -4.06. The van der Waals surface area contributed by atoms with Crippen LogP contribution >= 0.6 is 22.7 Å². The summed E-state index contributed by atoms with van der Waals surface area (Å²) in [5.74, 6) is -0.486. The van der Waals surface area contributed by atoms with Crippen molar-refractivity contribution in [1.82, 2.24) is 29.4 Å². The summed E-state index contributed by atoms with van der Waals surface area (Å²) in [6.45, 7) is 6.50. The Morgan fingerprint density at radius 1 is 1.14 bits per heavy atom. The van der Waals surface area contributed by atoms with Crippen molar-refractivity contribution in [2.75, 3.05) is 56.6 Å². The first-order valence-electron chi connectivity index (χ1n) is 14.2. The molecule has 14 heteroatoms. The third kappa shape index (κ3) is 5.44. The van der Waals surface area contributed by atoms with Gasteiger partial charge in [0.05, 0.1) is 18.2 Å². The minimum Gasteiger partial charge on any atom is -0.481 e. The first kappa shape index (κ1) is 29.0. The molecule has 1 atom stereocenters. The highest BCUT2D eigenvalue weighted by Crippen LogP contribution is 2.38. The maximum atomic E-state index is 12.6. The van der Waals surface area contributed by atoms with Crippen molar-refractivity contribution in [1.29, 1.82) is 5.26 Å². The molecule has 43 heavy (non-hydrogen) atoms. The molecule has 0 unspecified atom stereocenters. The number of amides is 1. The predicted molar refractivity (Wildman–Crippen MR) is 166 cm³/mol. The lowest BCUT2D eigenvalue weighted by molar-refractivity contribution is -0.153. The van der Waals surface area contributed by atoms with E-state index in [4.69, 9.17) is 20.2 Å². The van der Waals surface area contributed by atoms with Gasteiger partial charge in [0.1, 0.15) is 16.6 Å². The fourth-order valence-electron chi connectivity index (χ4n) is 5.55. The minimum atomic E-state index is -0.843. The lowest BCUT2D eigenvalue weighted by Crippen LogP contribution is -2.55. The average Bonchev–Trinajstić information content (AvgIpc) is 3.74. The van der Waals surface area contributed by atoms with Crippen molar-refractivity contribution < 1.29 is 14.7 Å². The van der Waals surface area contributed by atoms with E-state index in [1.807, 2.05) is 54.7 Å². The number of aliphatic carboxylic acids is 1. The van der Waals surface area contributed by atoms with Gasteiger partial charge in [0.15, 0.2) is 10.9 Å². The van der Waals surface area contributed by atoms with Gasteiger partial charge < -0.3 is 19.8 Å². The number of anilines is 3. The molecule has 4 aromatic rings. The second-order valence-corrected chi connectivity index (χ2v) is 13.1. The molecule has 6 rings (SSSR count). The zero-order valence-electron chi connectivity index (χ0n) is 24.5. The van der Waals surface area contributed by atoms with Crippen LogP contribution in [-0.4, -0.2) is 99.2 Å². The summed E-state index contributed by atoms with van der Waals surface area (Å²) >= 11 is 2.89. The Morgan fingerprint density at radius 3 is 2.56 bits per heavy atom. The number of carbonyl (C=O) groups excluding carboxylic acids is 1. The van der Waals surface area contributed by atoms with Crippen LogP contribution in [0.2, 0.25) is 0 Å². The van der Waals surface area contributed by atoms with Gasteiger partial charge in [-0.2, -0.15) is 9.78 Å². The van der Waals surface area contributed by atoms with Gasteiger partial charge in [0, 0.05) is 44.8 Å². The van der Waals surface area contributed by atoms with E-state index in [2.05, 4.69) is 22.8 Å². The zero-order valence-corrected chi connectivity index (χ0v) is 26.2. The van der Waals surface area contributed by atoms with Gasteiger partial charge >= 0.3 is 5.97 Å². The normalized spacial score (nSPS) is 17.1. The summed E-state index contributed by atoms with van der Waals surface area (Å²) in [7, 11) is 3.89. The van der Waals surface area contributed by atoms with Crippen molar-refractivity contribution in [3.63, 3.8) is 0 Å². The molecule has 0 radical (unpaired) electrons. The minimum absolute atomic E-state index is 0.0294. The van der Waals surface area contributed by atoms with Crippen LogP contribution in [0, 0.1) is 24.2 Å². The Labute approximate surface area is 257 Å². The number of nitrogens with zero attached hydrogens (tertiary/aromatic N) is 9. The molecule has 2 aliphatic heterocycles. The summed E-state index contributed by atoms with van der Waals surface area (Å²) in [6, 6.07) is 10.5. The molecule has 1 N–H and O–H groups in total. The van der Waals surface area contributed by atoms with E-state index in [1.165, 1.54) is 22.7 Å². The largest absolute Gasteiger partial charge is 0.481 e. The molecular formula is C29H33N9O3S2. The quantitative estimate of drug-likeness (QED) is 0.297. The number of imidazole rings is 1. The number of rotatable bonds is 9. The van der Waals surface area contributed by atoms with Crippen LogP contribution in [0.4, 0.5) is 16.1 Å². The van der Waals surface area contributed by atoms with Crippen LogP contribution in [0.5, 0.6) is 0 Å². The topological polar surface area (TPSA) is 134 Å². The number of aryl methyl sites for hydroxylation is 2. The van der Waals surface area contributed by atoms with Crippen molar-refractivity contribution in [3.8, 4) is 17.3 Å². The van der Waals surface area contributed by atoms with E-state index < -0.39 is 11.9 Å². The molecule has 2 saturated heterocycles. The smallest absolute Gasteiger partial charge is 0.310 e. The highest BCUT2D eigenvalue weighted by atomic mass is 32.1. The molecule has 1 aromatic carbocycles. The first-order valence-corrected chi connectivity index (χ1v) is 15.9. The van der Waals surface area contributed by atoms with Crippen molar-refractivity contribution in [2.24, 2.45) is 5.92 Å². The zero-order chi connectivity index (χ0) is 30.4. The number of carboxylic acids is 1. The van der Waals surface area contributed by atoms with E-state index in [1.54, 1.807) is 4.90 Å². The van der Waals surface area contributed by atoms with E-state index in [0.717, 1.165) is 58.7 Å². The highest BCUT2D eigenvalue weighted by Gasteiger charge is 2.37. The Morgan fingerprint density at radius 2 is 1.88 bits per heavy atom. The van der Waals surface area contributed by atoms with Gasteiger partial charge in [-0.05, 0) is 26.8 Å². The molecule has 0 bridgehead atoms. The molecule has 0 saturated carbocycles. The van der Waals surface area contributed by atoms with E-state index in [9.17, 15) is 14.9 Å². The van der Waals surface area contributed by atoms with Crippen LogP contribution in [0.3, 0.4) is 0 Å². The molecule has 5 heterocycles. The number of hydrogen-bond donors (Lipinski definition) is 1. The van der Waals surface area contributed by atoms with Gasteiger partial charge in [0.25, 0.3) is 0 Å². The fourth-order valence-corrected chi connectivity index (χ4v) is 7.35. The molecule has 1 amide bonds. The van der Waals surface area contributed by atoms with Crippen LogP contribution in [0.15, 0.2) is 24.3 Å². The van der Waals surface area contributed by atoms with Gasteiger partial charge in [-0.3, -0.25) is 14.5 Å². The number of nitriles is 1. The summed E-state index contributed by atoms with van der Waals surface area (Å²) in [4.78, 5) is 42.7. The summed E-state index contributed by atoms with van der Waals surface area (Å²) in [5, 5.41) is 25.5. The van der Waals surface area contributed by atoms with Crippen LogP contribution < -0.4 is 9.80 Å². The van der Waals surface area contributed by atoms with Crippen molar-refractivity contribution in [3.05, 3.63) is 40.4 Å². The number of aromatic nitrogens is 4. The highest BCUT2D eigenvalue weighted by molar-refractivity contribution is 7.20. The van der Waals surface area contributed by atoms with Crippen molar-refractivity contribution >= 4 is 55.6 Å². The van der Waals surface area contributed by atoms with E-state index in [-0.39, 0.29) is 18.5 Å². The third-order valence-electron chi connectivity index (χ3n) is 8.25. The number of thiazole rings is 1. The molecule has 2 fully saturated rings. The number of carboxylic acid groups (broad SMARTS) is 1. The summed E-state index contributed by atoms with van der Waals surface area (Å²) in [6.07, 6.45) is 1.62. The van der Waals surface area contributed by atoms with Crippen LogP contribution in [0.25, 0.3) is 16.2 Å². The van der Waals surface area contributed by atoms with Gasteiger partial charge in [0.2, 0.25) is 16.0 Å². The molecular weight excluding hydrogens is 587 g/mol. The van der Waals surface area contributed by atoms with Gasteiger partial charge in [-0.25, -0.2) is 9.97 Å². The van der Waals surface area contributed by atoms with E-state index >= 15 is 0 Å². The third-order valence-corrected chi connectivity index (χ3v) is 10.3. The number of fused-ring (bicyclic) bond motifs is 1. The maximum Gasteiger partial charge on any atom is 0.310 e. The lowest BCUT2D eigenvalue weighted by atomic mass is 10.0. The van der Waals surface area contributed by atoms with Gasteiger partial charge in [-0.15, -0.1) is 5.10 Å². The molecule has 12 nitrogen and oxygen atoms in total. The average molecular weight is 620 g/mol. The maximum absolute atomic E-state index is 12.6. The standard InChI is InChI=1S/C29H33N9O3S2/c1-5-21-25(35(4)27-32-24(22(12-30)42-27)18-8-6-17(2)7-9-18)38-28(31-21)43-29(33-38)36-11-10-20(15-36)34(3)16-23(39)37-13-19(14-37)26(40)41/h6-9,19-20H,5,10-11,13-16H2,1-4H3,(H,40,41)/t20-/m1/s1. The molecule has 0 aliphatic carbocycles. The first-order chi connectivity index (χ1) is 20.7. The summed E-state index contributed by atoms with van der Waals surface area (Å²) in [5.41, 5.74) is 3.64. The van der Waals surface area contributed by atoms with E-state index in [0.29, 0.717) is 28.8 Å². The second kappa shape index (κ2) is 11.6. The van der Waals surface area contributed by atoms with Crippen LogP contribution in [-0.2, 0) is 16.0 Å². The Balaban J connectivity index is 1.19. The number of likely N-dealkylation sites (tertiary alicyclic amines) is 1. The SMILES string of the molecule is CCc1nc2sc(N3CC[C@@H](N(C)CC(=O)N4CC(C(=O)O)C4)C3)nn2c1N(C)c1nc(-c2ccc(C)cc2)c(C#N)s1. The van der Waals surface area contributed by atoms with Crippen molar-refractivity contribution in [2.45, 2.75) is 32.7 Å². The lowest BCUT2D eigenvalue weighted by Gasteiger charge is -2.38. The monoisotopic (exact) mass is 619 g/mol. The van der Waals surface area contributed by atoms with Gasteiger partial charge in [-0.1, -0.05) is 59.4 Å². The Kier molecular flexibility index (Phi) is 7.80. The molecule has 224 valence electrons. The second-order valence-electron chi connectivity index (χ2n) is 11.2. The number of benzene rings is 1. The summed E-state index contributed by atoms with van der Waals surface area (Å²) < 4.78 is 1.88. The number of carbonyl (C=O) groups is 2. The van der Waals surface area contributed by atoms with Crippen LogP contribution in [0.1, 0.15) is 29.5 Å². The Bertz CT molecular complexity index is 1710. The number of hydrogen-bond acceptors (Lipinski definition) is 11. The predicted octanol–water partition coefficient (Wildman–Crippen LogP) is 3.48. The number of likely N-dealkylation sites (N-methyl/N-ethyl adjacent to an activating group) is 1. The molecule has 0 spiro atoms. The molecule has 2 aliphatic rings. The fraction of sp³-hybridized carbons (Fsp3) is 0.448.